The van der Waals surface area contributed by atoms with Gasteiger partial charge >= 0.3 is 5.97 Å². The van der Waals surface area contributed by atoms with Crippen LogP contribution in [0.5, 0.6) is 0 Å². The van der Waals surface area contributed by atoms with E-state index in [1.54, 1.807) is 0 Å². The number of nitrogens with two attached hydrogens (primary N) is 1. The van der Waals surface area contributed by atoms with E-state index >= 15 is 0 Å². The van der Waals surface area contributed by atoms with E-state index in [4.69, 9.17) is 15.6 Å². The maximum atomic E-state index is 11.2. The summed E-state index contributed by atoms with van der Waals surface area (Å²) in [6, 6.07) is 0. The molecule has 0 saturated carbocycles. The highest BCUT2D eigenvalue weighted by Crippen LogP contribution is 2.49. The van der Waals surface area contributed by atoms with Crippen LogP contribution in [0.3, 0.4) is 0 Å². The zero-order valence-electron chi connectivity index (χ0n) is 7.47. The number of carboxylic acids is 1. The molecule has 0 spiro atoms. The zero-order valence-corrected chi connectivity index (χ0v) is 10.6. The molecule has 1 amide bonds. The summed E-state index contributed by atoms with van der Waals surface area (Å²) in [4.78, 5) is 22.1. The number of rotatable bonds is 2. The van der Waals surface area contributed by atoms with Gasteiger partial charge in [-0.25, -0.2) is 0 Å². The van der Waals surface area contributed by atoms with Gasteiger partial charge in [-0.15, -0.1) is 0 Å². The maximum absolute atomic E-state index is 11.2. The molecule has 3 N–H and O–H groups in total. The molecule has 0 aliphatic carbocycles. The van der Waals surface area contributed by atoms with Crippen LogP contribution in [0, 0.1) is 11.8 Å². The van der Waals surface area contributed by atoms with Crippen LogP contribution in [0.2, 0.25) is 0 Å². The fourth-order valence-electron chi connectivity index (χ4n) is 2.30. The van der Waals surface area contributed by atoms with Crippen molar-refractivity contribution in [2.75, 3.05) is 0 Å². The molecule has 7 heteroatoms. The number of hydrogen-bond acceptors (Lipinski definition) is 3. The van der Waals surface area contributed by atoms with Crippen molar-refractivity contribution in [3.63, 3.8) is 0 Å². The molecule has 0 aromatic carbocycles. The number of alkyl halides is 2. The van der Waals surface area contributed by atoms with Crippen molar-refractivity contribution < 1.29 is 19.4 Å². The van der Waals surface area contributed by atoms with Crippen LogP contribution in [-0.4, -0.2) is 38.8 Å². The lowest BCUT2D eigenvalue weighted by Crippen LogP contribution is -2.49. The molecule has 0 unspecified atom stereocenters. The van der Waals surface area contributed by atoms with E-state index in [1.165, 1.54) is 0 Å². The largest absolute Gasteiger partial charge is 0.481 e. The molecule has 84 valence electrons. The van der Waals surface area contributed by atoms with Gasteiger partial charge in [0.2, 0.25) is 5.91 Å². The highest BCUT2D eigenvalue weighted by molar-refractivity contribution is 9.12. The molecular formula is C8H9Br2NO4. The van der Waals surface area contributed by atoms with Crippen LogP contribution in [0.15, 0.2) is 0 Å². The molecule has 2 fully saturated rings. The minimum atomic E-state index is -1.03. The number of amides is 1. The molecule has 2 aliphatic rings. The van der Waals surface area contributed by atoms with E-state index in [-0.39, 0.29) is 9.65 Å². The molecule has 2 rings (SSSR count). The van der Waals surface area contributed by atoms with Gasteiger partial charge in [0.15, 0.2) is 0 Å². The van der Waals surface area contributed by atoms with Crippen molar-refractivity contribution in [2.24, 2.45) is 17.6 Å². The SMILES string of the molecule is NC(=O)[C@@H]1[C@H]2O[C@@H]([C@H](Br)[C@@H]2Br)[C@H]1C(=O)O. The number of primary amides is 1. The minimum Gasteiger partial charge on any atom is -0.481 e. The Balaban J connectivity index is 2.32. The van der Waals surface area contributed by atoms with E-state index in [9.17, 15) is 9.59 Å². The summed E-state index contributed by atoms with van der Waals surface area (Å²) in [5.74, 6) is -3.23. The highest BCUT2D eigenvalue weighted by atomic mass is 79.9. The van der Waals surface area contributed by atoms with Crippen molar-refractivity contribution in [3.8, 4) is 0 Å². The van der Waals surface area contributed by atoms with Gasteiger partial charge in [-0.05, 0) is 0 Å². The van der Waals surface area contributed by atoms with Crippen LogP contribution < -0.4 is 5.73 Å². The van der Waals surface area contributed by atoms with Crippen LogP contribution in [0.1, 0.15) is 0 Å². The molecule has 0 radical (unpaired) electrons. The lowest BCUT2D eigenvalue weighted by molar-refractivity contribution is -0.147. The Morgan fingerprint density at radius 1 is 1.13 bits per heavy atom. The van der Waals surface area contributed by atoms with Crippen LogP contribution in [0.4, 0.5) is 0 Å². The van der Waals surface area contributed by atoms with Gasteiger partial charge in [-0.1, -0.05) is 31.9 Å². The van der Waals surface area contributed by atoms with Crippen LogP contribution >= 0.6 is 31.9 Å². The molecule has 15 heavy (non-hydrogen) atoms. The first kappa shape index (κ1) is 11.3. The fourth-order valence-corrected chi connectivity index (χ4v) is 3.81. The maximum Gasteiger partial charge on any atom is 0.310 e. The Morgan fingerprint density at radius 3 is 2.00 bits per heavy atom. The Morgan fingerprint density at radius 2 is 1.60 bits per heavy atom. The Kier molecular flexibility index (Phi) is 2.81. The fraction of sp³-hybridized carbons (Fsp3) is 0.750. The van der Waals surface area contributed by atoms with Crippen molar-refractivity contribution in [1.82, 2.24) is 0 Å². The number of halogens is 2. The summed E-state index contributed by atoms with van der Waals surface area (Å²) in [6.45, 7) is 0. The second kappa shape index (κ2) is 3.71. The first-order valence-corrected chi connectivity index (χ1v) is 6.24. The number of carbonyl (C=O) groups excluding carboxylic acids is 1. The molecule has 5 nitrogen and oxygen atoms in total. The van der Waals surface area contributed by atoms with E-state index in [2.05, 4.69) is 31.9 Å². The normalized spacial score (nSPS) is 48.1. The summed E-state index contributed by atoms with van der Waals surface area (Å²) in [7, 11) is 0. The van der Waals surface area contributed by atoms with E-state index < -0.39 is 35.9 Å². The standard InChI is InChI=1S/C8H9Br2NO4/c9-3-4(10)6-2(8(13)14)1(7(11)12)5(3)15-6/h1-6H,(H2,11,12)(H,13,14)/t1-,2-,3-,4+,5+,6+/m0/s1. The number of ether oxygens (including phenoxy) is 1. The van der Waals surface area contributed by atoms with Crippen molar-refractivity contribution in [2.45, 2.75) is 21.9 Å². The summed E-state index contributed by atoms with van der Waals surface area (Å²) in [5, 5.41) is 9.03. The Labute approximate surface area is 103 Å². The molecule has 2 aliphatic heterocycles. The molecule has 0 aromatic heterocycles. The third-order valence-corrected chi connectivity index (χ3v) is 5.85. The monoisotopic (exact) mass is 341 g/mol. The van der Waals surface area contributed by atoms with Gasteiger partial charge in [-0.2, -0.15) is 0 Å². The van der Waals surface area contributed by atoms with Crippen molar-refractivity contribution in [1.29, 1.82) is 0 Å². The summed E-state index contributed by atoms with van der Waals surface area (Å²) in [5.41, 5.74) is 5.20. The summed E-state index contributed by atoms with van der Waals surface area (Å²) >= 11 is 6.73. The van der Waals surface area contributed by atoms with Gasteiger partial charge in [-0.3, -0.25) is 9.59 Å². The predicted octanol–water partition coefficient (Wildman–Crippen LogP) is 0.0967. The highest BCUT2D eigenvalue weighted by Gasteiger charge is 2.62. The second-order valence-corrected chi connectivity index (χ2v) is 5.86. The van der Waals surface area contributed by atoms with Crippen LogP contribution in [0.25, 0.3) is 0 Å². The van der Waals surface area contributed by atoms with Gasteiger partial charge < -0.3 is 15.6 Å². The number of aliphatic carboxylic acids is 1. The van der Waals surface area contributed by atoms with E-state index in [0.29, 0.717) is 0 Å². The molecule has 2 bridgehead atoms. The number of fused-ring (bicyclic) bond motifs is 2. The third-order valence-electron chi connectivity index (χ3n) is 2.95. The van der Waals surface area contributed by atoms with Gasteiger partial charge in [0, 0.05) is 0 Å². The van der Waals surface area contributed by atoms with Crippen molar-refractivity contribution >= 4 is 43.7 Å². The van der Waals surface area contributed by atoms with Gasteiger partial charge in [0.05, 0.1) is 33.7 Å². The van der Waals surface area contributed by atoms with Gasteiger partial charge in [0.25, 0.3) is 0 Å². The average molecular weight is 343 g/mol. The van der Waals surface area contributed by atoms with E-state index in [1.807, 2.05) is 0 Å². The average Bonchev–Trinajstić information content (AvgIpc) is 2.64. The zero-order chi connectivity index (χ0) is 11.3. The number of hydrogen-bond donors (Lipinski definition) is 2. The predicted molar refractivity (Wildman–Crippen MR) is 57.9 cm³/mol. The first-order chi connectivity index (χ1) is 6.95. The molecule has 0 aromatic rings. The minimum absolute atomic E-state index is 0.0735. The van der Waals surface area contributed by atoms with Crippen LogP contribution in [-0.2, 0) is 14.3 Å². The smallest absolute Gasteiger partial charge is 0.310 e. The molecule has 2 heterocycles. The topological polar surface area (TPSA) is 89.6 Å². The molecule has 2 saturated heterocycles. The summed E-state index contributed by atoms with van der Waals surface area (Å²) < 4.78 is 5.47. The first-order valence-electron chi connectivity index (χ1n) is 4.41. The molecule has 6 atom stereocenters. The molecular weight excluding hydrogens is 334 g/mol. The van der Waals surface area contributed by atoms with Crippen molar-refractivity contribution in [3.05, 3.63) is 0 Å². The second-order valence-electron chi connectivity index (χ2n) is 3.75. The Bertz CT molecular complexity index is 294. The quantitative estimate of drug-likeness (QED) is 0.696. The number of carboxylic acid groups (broad SMARTS) is 1. The van der Waals surface area contributed by atoms with E-state index in [0.717, 1.165) is 0 Å². The number of carbonyl (C=O) groups is 2. The lowest BCUT2D eigenvalue weighted by Gasteiger charge is -2.28. The summed E-state index contributed by atoms with van der Waals surface area (Å²) in [6.07, 6.45) is -0.938. The Hall–Kier alpha value is -0.140. The lowest BCUT2D eigenvalue weighted by atomic mass is 9.79. The third kappa shape index (κ3) is 1.52. The van der Waals surface area contributed by atoms with Gasteiger partial charge in [0.1, 0.15) is 0 Å².